The van der Waals surface area contributed by atoms with E-state index in [4.69, 9.17) is 0 Å². The number of rotatable bonds is 1. The first-order chi connectivity index (χ1) is 6.27. The summed E-state index contributed by atoms with van der Waals surface area (Å²) < 4.78 is 0. The van der Waals surface area contributed by atoms with Crippen molar-refractivity contribution in [2.24, 2.45) is 0 Å². The highest BCUT2D eigenvalue weighted by Crippen LogP contribution is 2.14. The Bertz CT molecular complexity index is 425. The van der Waals surface area contributed by atoms with E-state index in [2.05, 4.69) is 15.0 Å². The molecule has 0 saturated heterocycles. The van der Waals surface area contributed by atoms with Crippen LogP contribution in [0.5, 0.6) is 0 Å². The highest BCUT2D eigenvalue weighted by Gasteiger charge is 1.99. The second-order valence-corrected chi connectivity index (χ2v) is 3.02. The Morgan fingerprint density at radius 2 is 2.00 bits per heavy atom. The Labute approximate surface area is 76.3 Å². The molecule has 2 rings (SSSR count). The molecule has 0 unspecified atom stereocenters. The lowest BCUT2D eigenvalue weighted by Gasteiger charge is -2.10. The van der Waals surface area contributed by atoms with Crippen molar-refractivity contribution < 1.29 is 0 Å². The highest BCUT2D eigenvalue weighted by atomic mass is 15.1. The molecule has 0 aliphatic carbocycles. The predicted molar refractivity (Wildman–Crippen MR) is 51.7 cm³/mol. The topological polar surface area (TPSA) is 41.9 Å². The molecule has 2 aromatic rings. The maximum atomic E-state index is 4.24. The lowest BCUT2D eigenvalue weighted by Crippen LogP contribution is -2.10. The van der Waals surface area contributed by atoms with Crippen LogP contribution in [0, 0.1) is 0 Å². The zero-order valence-corrected chi connectivity index (χ0v) is 7.60. The van der Waals surface area contributed by atoms with Crippen molar-refractivity contribution in [3.05, 3.63) is 24.8 Å². The van der Waals surface area contributed by atoms with Crippen LogP contribution in [0.15, 0.2) is 24.8 Å². The second-order valence-electron chi connectivity index (χ2n) is 3.02. The predicted octanol–water partition coefficient (Wildman–Crippen LogP) is 1.09. The lowest BCUT2D eigenvalue weighted by molar-refractivity contribution is 1.07. The first kappa shape index (κ1) is 7.91. The van der Waals surface area contributed by atoms with Crippen molar-refractivity contribution in [2.45, 2.75) is 0 Å². The summed E-state index contributed by atoms with van der Waals surface area (Å²) in [6.45, 7) is 0. The van der Waals surface area contributed by atoms with E-state index < -0.39 is 0 Å². The van der Waals surface area contributed by atoms with Gasteiger partial charge in [0.2, 0.25) is 0 Å². The first-order valence-electron chi connectivity index (χ1n) is 4.00. The second kappa shape index (κ2) is 2.97. The molecule has 0 bridgehead atoms. The van der Waals surface area contributed by atoms with Gasteiger partial charge in [0, 0.05) is 25.7 Å². The van der Waals surface area contributed by atoms with E-state index in [9.17, 15) is 0 Å². The van der Waals surface area contributed by atoms with E-state index >= 15 is 0 Å². The smallest absolute Gasteiger partial charge is 0.128 e. The molecule has 0 N–H and O–H groups in total. The number of aromatic nitrogens is 3. The molecule has 0 aliphatic rings. The van der Waals surface area contributed by atoms with Crippen LogP contribution >= 0.6 is 0 Å². The number of fused-ring (bicyclic) bond motifs is 1. The average Bonchev–Trinajstić information content (AvgIpc) is 2.17. The van der Waals surface area contributed by atoms with E-state index in [1.54, 1.807) is 12.4 Å². The standard InChI is InChI=1S/C9H10N4/c1-13(2)9-3-7-4-10-6-12-8(7)5-11-9/h3-6H,1-2H3. The van der Waals surface area contributed by atoms with Crippen LogP contribution in [-0.2, 0) is 0 Å². The summed E-state index contributed by atoms with van der Waals surface area (Å²) >= 11 is 0. The van der Waals surface area contributed by atoms with Gasteiger partial charge in [-0.05, 0) is 6.07 Å². The summed E-state index contributed by atoms with van der Waals surface area (Å²) in [5, 5.41) is 1.02. The molecular formula is C9H10N4. The van der Waals surface area contributed by atoms with Gasteiger partial charge in [0.1, 0.15) is 12.1 Å². The summed E-state index contributed by atoms with van der Waals surface area (Å²) in [7, 11) is 3.91. The fourth-order valence-electron chi connectivity index (χ4n) is 1.12. The van der Waals surface area contributed by atoms with Gasteiger partial charge in [-0.1, -0.05) is 0 Å². The third-order valence-electron chi connectivity index (χ3n) is 1.83. The summed E-state index contributed by atoms with van der Waals surface area (Å²) in [5.41, 5.74) is 0.876. The minimum absolute atomic E-state index is 0.876. The molecule has 66 valence electrons. The van der Waals surface area contributed by atoms with Crippen LogP contribution in [0.3, 0.4) is 0 Å². The average molecular weight is 174 g/mol. The van der Waals surface area contributed by atoms with E-state index in [0.717, 1.165) is 16.7 Å². The van der Waals surface area contributed by atoms with Crippen molar-refractivity contribution in [1.82, 2.24) is 15.0 Å². The van der Waals surface area contributed by atoms with Gasteiger partial charge < -0.3 is 4.90 Å². The van der Waals surface area contributed by atoms with Gasteiger partial charge in [0.15, 0.2) is 0 Å². The molecule has 4 nitrogen and oxygen atoms in total. The molecule has 0 aromatic carbocycles. The van der Waals surface area contributed by atoms with Gasteiger partial charge in [0.05, 0.1) is 11.7 Å². The van der Waals surface area contributed by atoms with Crippen molar-refractivity contribution >= 4 is 16.7 Å². The van der Waals surface area contributed by atoms with Crippen LogP contribution in [0.4, 0.5) is 5.82 Å². The van der Waals surface area contributed by atoms with Gasteiger partial charge in [-0.15, -0.1) is 0 Å². The Morgan fingerprint density at radius 1 is 1.15 bits per heavy atom. The number of nitrogens with zero attached hydrogens (tertiary/aromatic N) is 4. The molecule has 13 heavy (non-hydrogen) atoms. The summed E-state index contributed by atoms with van der Waals surface area (Å²) in [5.74, 6) is 0.919. The minimum Gasteiger partial charge on any atom is -0.363 e. The minimum atomic E-state index is 0.876. The SMILES string of the molecule is CN(C)c1cc2cncnc2cn1. The van der Waals surface area contributed by atoms with Crippen LogP contribution in [0.2, 0.25) is 0 Å². The molecule has 0 amide bonds. The van der Waals surface area contributed by atoms with E-state index in [1.807, 2.05) is 25.1 Å². The molecule has 0 atom stereocenters. The molecule has 0 saturated carbocycles. The maximum Gasteiger partial charge on any atom is 0.128 e. The molecular weight excluding hydrogens is 164 g/mol. The number of pyridine rings is 1. The van der Waals surface area contributed by atoms with Crippen molar-refractivity contribution in [3.63, 3.8) is 0 Å². The summed E-state index contributed by atoms with van der Waals surface area (Å²) in [6, 6.07) is 1.97. The summed E-state index contributed by atoms with van der Waals surface area (Å²) in [4.78, 5) is 14.2. The molecule has 0 spiro atoms. The monoisotopic (exact) mass is 174 g/mol. The van der Waals surface area contributed by atoms with E-state index in [-0.39, 0.29) is 0 Å². The number of hydrogen-bond donors (Lipinski definition) is 0. The zero-order chi connectivity index (χ0) is 9.26. The van der Waals surface area contributed by atoms with Crippen molar-refractivity contribution in [1.29, 1.82) is 0 Å². The Hall–Kier alpha value is -1.71. The maximum absolute atomic E-state index is 4.24. The molecule has 4 heteroatoms. The van der Waals surface area contributed by atoms with Crippen LogP contribution < -0.4 is 4.90 Å². The van der Waals surface area contributed by atoms with E-state index in [1.165, 1.54) is 6.33 Å². The number of anilines is 1. The Kier molecular flexibility index (Phi) is 1.81. The normalized spacial score (nSPS) is 10.3. The molecule has 2 heterocycles. The molecule has 0 radical (unpaired) electrons. The van der Waals surface area contributed by atoms with Gasteiger partial charge in [-0.3, -0.25) is 0 Å². The largest absolute Gasteiger partial charge is 0.363 e. The highest BCUT2D eigenvalue weighted by molar-refractivity contribution is 5.79. The van der Waals surface area contributed by atoms with Gasteiger partial charge >= 0.3 is 0 Å². The van der Waals surface area contributed by atoms with Crippen LogP contribution in [-0.4, -0.2) is 29.0 Å². The molecule has 0 aliphatic heterocycles. The first-order valence-corrected chi connectivity index (χ1v) is 4.00. The Balaban J connectivity index is 2.62. The van der Waals surface area contributed by atoms with E-state index in [0.29, 0.717) is 0 Å². The van der Waals surface area contributed by atoms with Gasteiger partial charge in [-0.25, -0.2) is 15.0 Å². The fourth-order valence-corrected chi connectivity index (χ4v) is 1.12. The number of hydrogen-bond acceptors (Lipinski definition) is 4. The zero-order valence-electron chi connectivity index (χ0n) is 7.60. The van der Waals surface area contributed by atoms with Gasteiger partial charge in [0.25, 0.3) is 0 Å². The van der Waals surface area contributed by atoms with Crippen molar-refractivity contribution in [3.8, 4) is 0 Å². The molecule has 2 aromatic heterocycles. The Morgan fingerprint density at radius 3 is 2.77 bits per heavy atom. The third kappa shape index (κ3) is 1.42. The van der Waals surface area contributed by atoms with Crippen molar-refractivity contribution in [2.75, 3.05) is 19.0 Å². The quantitative estimate of drug-likeness (QED) is 0.649. The fraction of sp³-hybridized carbons (Fsp3) is 0.222. The lowest BCUT2D eigenvalue weighted by atomic mass is 10.3. The van der Waals surface area contributed by atoms with Gasteiger partial charge in [-0.2, -0.15) is 0 Å². The summed E-state index contributed by atoms with van der Waals surface area (Å²) in [6.07, 6.45) is 5.07. The van der Waals surface area contributed by atoms with Crippen LogP contribution in [0.25, 0.3) is 10.9 Å². The third-order valence-corrected chi connectivity index (χ3v) is 1.83. The van der Waals surface area contributed by atoms with Crippen LogP contribution in [0.1, 0.15) is 0 Å². The molecule has 0 fully saturated rings.